The van der Waals surface area contributed by atoms with Gasteiger partial charge in [0.15, 0.2) is 0 Å². The maximum Gasteiger partial charge on any atom is 0.0484 e. The lowest BCUT2D eigenvalue weighted by atomic mass is 10.1. The summed E-state index contributed by atoms with van der Waals surface area (Å²) in [5.41, 5.74) is 4.67. The Morgan fingerprint density at radius 3 is 2.53 bits per heavy atom. The summed E-state index contributed by atoms with van der Waals surface area (Å²) in [5.74, 6) is 0. The molecule has 1 aromatic carbocycles. The number of hydrogen-bond donors (Lipinski definition) is 0. The van der Waals surface area contributed by atoms with E-state index in [1.54, 1.807) is 0 Å². The van der Waals surface area contributed by atoms with Gasteiger partial charge in [-0.2, -0.15) is 0 Å². The number of para-hydroxylation sites is 1. The summed E-state index contributed by atoms with van der Waals surface area (Å²) in [6.07, 6.45) is 8.00. The van der Waals surface area contributed by atoms with Crippen molar-refractivity contribution in [1.82, 2.24) is 0 Å². The highest BCUT2D eigenvalue weighted by Crippen LogP contribution is 2.30. The zero-order chi connectivity index (χ0) is 12.3. The summed E-state index contributed by atoms with van der Waals surface area (Å²) in [5, 5.41) is 0. The number of anilines is 1. The van der Waals surface area contributed by atoms with Crippen LogP contribution in [0.25, 0.3) is 6.08 Å². The molecule has 1 nitrogen and oxygen atoms in total. The van der Waals surface area contributed by atoms with Gasteiger partial charge in [0.25, 0.3) is 0 Å². The molecule has 1 aliphatic heterocycles. The molecule has 0 aliphatic carbocycles. The number of hydrogen-bond acceptors (Lipinski definition) is 1. The molecule has 0 amide bonds. The number of nitrogens with zero attached hydrogens (tertiary/aromatic N) is 1. The number of rotatable bonds is 3. The van der Waals surface area contributed by atoms with Crippen molar-refractivity contribution in [1.29, 1.82) is 0 Å². The summed E-state index contributed by atoms with van der Waals surface area (Å²) >= 11 is 0. The van der Waals surface area contributed by atoms with Gasteiger partial charge in [-0.3, -0.25) is 0 Å². The molecular formula is C16H17N. The van der Waals surface area contributed by atoms with Crippen LogP contribution in [0.3, 0.4) is 0 Å². The van der Waals surface area contributed by atoms with Crippen LogP contribution < -0.4 is 4.90 Å². The van der Waals surface area contributed by atoms with E-state index in [0.29, 0.717) is 0 Å². The average Bonchev–Trinajstić information content (AvgIpc) is 2.54. The SMILES string of the molecule is C=CC1=C(C=C)N(CC)c2ccccc2C=C1. The van der Waals surface area contributed by atoms with Crippen LogP contribution in [-0.2, 0) is 0 Å². The van der Waals surface area contributed by atoms with Crippen LogP contribution in [-0.4, -0.2) is 6.54 Å². The third-order valence-electron chi connectivity index (χ3n) is 2.99. The standard InChI is InChI=1S/C16H17N/c1-4-13-11-12-14-9-7-8-10-16(14)17(6-3)15(13)5-2/h4-5,7-12H,1-2,6H2,3H3. The van der Waals surface area contributed by atoms with Gasteiger partial charge in [-0.15, -0.1) is 0 Å². The van der Waals surface area contributed by atoms with Crippen LogP contribution in [0.5, 0.6) is 0 Å². The second-order valence-corrected chi connectivity index (χ2v) is 3.89. The number of fused-ring (bicyclic) bond motifs is 1. The fourth-order valence-corrected chi connectivity index (χ4v) is 2.17. The molecule has 0 bridgehead atoms. The first-order valence-electron chi connectivity index (χ1n) is 5.85. The Hall–Kier alpha value is -2.02. The molecule has 0 saturated carbocycles. The highest BCUT2D eigenvalue weighted by molar-refractivity contribution is 5.75. The maximum atomic E-state index is 3.91. The highest BCUT2D eigenvalue weighted by atomic mass is 15.1. The molecule has 0 saturated heterocycles. The predicted molar refractivity (Wildman–Crippen MR) is 75.9 cm³/mol. The van der Waals surface area contributed by atoms with Crippen molar-refractivity contribution < 1.29 is 0 Å². The molecule has 17 heavy (non-hydrogen) atoms. The summed E-state index contributed by atoms with van der Waals surface area (Å²) < 4.78 is 0. The van der Waals surface area contributed by atoms with Crippen LogP contribution in [0.1, 0.15) is 12.5 Å². The van der Waals surface area contributed by atoms with E-state index in [1.807, 2.05) is 12.2 Å². The Kier molecular flexibility index (Phi) is 3.29. The lowest BCUT2D eigenvalue weighted by Gasteiger charge is -2.25. The minimum absolute atomic E-state index is 0.914. The molecule has 0 radical (unpaired) electrons. The Bertz CT molecular complexity index is 506. The maximum absolute atomic E-state index is 3.91. The molecule has 0 aromatic heterocycles. The van der Waals surface area contributed by atoms with Crippen LogP contribution in [0, 0.1) is 0 Å². The first-order chi connectivity index (χ1) is 8.31. The predicted octanol–water partition coefficient (Wildman–Crippen LogP) is 4.17. The van der Waals surface area contributed by atoms with Crippen molar-refractivity contribution in [3.05, 3.63) is 72.5 Å². The van der Waals surface area contributed by atoms with Crippen molar-refractivity contribution in [2.24, 2.45) is 0 Å². The smallest absolute Gasteiger partial charge is 0.0484 e. The number of likely N-dealkylation sites (N-methyl/N-ethyl adjacent to an activating group) is 1. The fourth-order valence-electron chi connectivity index (χ4n) is 2.17. The van der Waals surface area contributed by atoms with Gasteiger partial charge in [0.2, 0.25) is 0 Å². The molecule has 1 aromatic rings. The van der Waals surface area contributed by atoms with Gasteiger partial charge in [-0.05, 0) is 30.2 Å². The quantitative estimate of drug-likeness (QED) is 0.743. The van der Waals surface area contributed by atoms with E-state index in [0.717, 1.165) is 17.8 Å². The largest absolute Gasteiger partial charge is 0.341 e. The van der Waals surface area contributed by atoms with Crippen LogP contribution in [0.15, 0.2) is 66.9 Å². The monoisotopic (exact) mass is 223 g/mol. The number of allylic oxidation sites excluding steroid dienone is 4. The zero-order valence-corrected chi connectivity index (χ0v) is 10.2. The third-order valence-corrected chi connectivity index (χ3v) is 2.99. The molecule has 0 unspecified atom stereocenters. The van der Waals surface area contributed by atoms with Gasteiger partial charge >= 0.3 is 0 Å². The Labute approximate surface area is 103 Å². The minimum Gasteiger partial charge on any atom is -0.341 e. The molecular weight excluding hydrogens is 206 g/mol. The van der Waals surface area contributed by atoms with Crippen molar-refractivity contribution in [2.45, 2.75) is 6.92 Å². The van der Waals surface area contributed by atoms with Gasteiger partial charge in [-0.1, -0.05) is 49.6 Å². The third kappa shape index (κ3) is 1.96. The summed E-state index contributed by atoms with van der Waals surface area (Å²) in [6, 6.07) is 8.39. The molecule has 1 heterocycles. The molecule has 1 heteroatoms. The van der Waals surface area contributed by atoms with E-state index >= 15 is 0 Å². The molecule has 0 atom stereocenters. The normalized spacial score (nSPS) is 14.3. The van der Waals surface area contributed by atoms with Gasteiger partial charge < -0.3 is 4.90 Å². The van der Waals surface area contributed by atoms with Gasteiger partial charge in [-0.25, -0.2) is 0 Å². The van der Waals surface area contributed by atoms with E-state index in [9.17, 15) is 0 Å². The van der Waals surface area contributed by atoms with E-state index in [1.165, 1.54) is 11.3 Å². The molecule has 2 rings (SSSR count). The summed E-state index contributed by atoms with van der Waals surface area (Å²) in [6.45, 7) is 10.8. The Morgan fingerprint density at radius 1 is 1.12 bits per heavy atom. The average molecular weight is 223 g/mol. The van der Waals surface area contributed by atoms with Crippen LogP contribution >= 0.6 is 0 Å². The molecule has 0 spiro atoms. The van der Waals surface area contributed by atoms with Crippen LogP contribution in [0.2, 0.25) is 0 Å². The van der Waals surface area contributed by atoms with E-state index < -0.39 is 0 Å². The number of benzene rings is 1. The molecule has 0 fully saturated rings. The minimum atomic E-state index is 0.914. The van der Waals surface area contributed by atoms with Crippen molar-refractivity contribution in [2.75, 3.05) is 11.4 Å². The lowest BCUT2D eigenvalue weighted by Crippen LogP contribution is -2.22. The summed E-state index contributed by atoms with van der Waals surface area (Å²) in [4.78, 5) is 2.26. The lowest BCUT2D eigenvalue weighted by molar-refractivity contribution is 0.974. The first kappa shape index (κ1) is 11.5. The van der Waals surface area contributed by atoms with Crippen LogP contribution in [0.4, 0.5) is 5.69 Å². The second kappa shape index (κ2) is 4.88. The summed E-state index contributed by atoms with van der Waals surface area (Å²) in [7, 11) is 0. The van der Waals surface area contributed by atoms with Gasteiger partial charge in [0, 0.05) is 17.9 Å². The Morgan fingerprint density at radius 2 is 1.88 bits per heavy atom. The first-order valence-corrected chi connectivity index (χ1v) is 5.85. The van der Waals surface area contributed by atoms with E-state index in [2.05, 4.69) is 61.4 Å². The van der Waals surface area contributed by atoms with Gasteiger partial charge in [0.1, 0.15) is 0 Å². The molecule has 0 N–H and O–H groups in total. The van der Waals surface area contributed by atoms with Crippen molar-refractivity contribution in [3.63, 3.8) is 0 Å². The van der Waals surface area contributed by atoms with Gasteiger partial charge in [0.05, 0.1) is 0 Å². The van der Waals surface area contributed by atoms with E-state index in [4.69, 9.17) is 0 Å². The van der Waals surface area contributed by atoms with Crippen molar-refractivity contribution in [3.8, 4) is 0 Å². The topological polar surface area (TPSA) is 3.24 Å². The molecule has 1 aliphatic rings. The fraction of sp³-hybridized carbons (Fsp3) is 0.125. The van der Waals surface area contributed by atoms with Crippen molar-refractivity contribution >= 4 is 11.8 Å². The zero-order valence-electron chi connectivity index (χ0n) is 10.2. The Balaban J connectivity index is 2.66. The molecule has 86 valence electrons. The second-order valence-electron chi connectivity index (χ2n) is 3.89. The highest BCUT2D eigenvalue weighted by Gasteiger charge is 2.15. The van der Waals surface area contributed by atoms with E-state index in [-0.39, 0.29) is 0 Å².